The number of aliphatic hydroxyl groups is 2. The Kier molecular flexibility index (Phi) is 18.8. The topological polar surface area (TPSA) is 204 Å². The first-order valence-corrected chi connectivity index (χ1v) is 10.1. The van der Waals surface area contributed by atoms with Crippen molar-refractivity contribution in [3.63, 3.8) is 0 Å². The molecule has 1 aromatic carbocycles. The Morgan fingerprint density at radius 1 is 1.00 bits per heavy atom. The zero-order chi connectivity index (χ0) is 28.0. The van der Waals surface area contributed by atoms with Crippen LogP contribution in [0.2, 0.25) is 0 Å². The second-order valence-corrected chi connectivity index (χ2v) is 6.57. The lowest BCUT2D eigenvalue weighted by atomic mass is 9.92. The van der Waals surface area contributed by atoms with Gasteiger partial charge in [0.25, 0.3) is 0 Å². The first kappa shape index (κ1) is 33.8. The Labute approximate surface area is 207 Å². The lowest BCUT2D eigenvalue weighted by Crippen LogP contribution is -2.40. The molecule has 4 N–H and O–H groups in total. The third-order valence-corrected chi connectivity index (χ3v) is 3.87. The molecule has 0 saturated heterocycles. The summed E-state index contributed by atoms with van der Waals surface area (Å²) in [5.74, 6) is -1.38. The van der Waals surface area contributed by atoms with Crippen molar-refractivity contribution in [2.75, 3.05) is 33.0 Å². The van der Waals surface area contributed by atoms with Gasteiger partial charge in [-0.3, -0.25) is 0 Å². The van der Waals surface area contributed by atoms with Gasteiger partial charge in [-0.05, 0) is 31.5 Å². The van der Waals surface area contributed by atoms with E-state index in [1.807, 2.05) is 0 Å². The van der Waals surface area contributed by atoms with Gasteiger partial charge in [-0.1, -0.05) is 19.2 Å². The number of isocyanates is 2. The molecule has 0 radical (unpaired) electrons. The molecule has 13 heteroatoms. The average Bonchev–Trinajstić information content (AvgIpc) is 2.87. The van der Waals surface area contributed by atoms with Gasteiger partial charge >= 0.3 is 18.0 Å². The Hall–Kier alpha value is -4.41. The van der Waals surface area contributed by atoms with E-state index in [1.165, 1.54) is 18.2 Å². The van der Waals surface area contributed by atoms with Crippen molar-refractivity contribution in [1.29, 1.82) is 0 Å². The number of ether oxygens (including phenoxy) is 3. The highest BCUT2D eigenvalue weighted by Crippen LogP contribution is 2.23. The van der Waals surface area contributed by atoms with Crippen molar-refractivity contribution < 1.29 is 48.4 Å². The number of hydrogen-bond donors (Lipinski definition) is 3. The molecule has 0 saturated carbocycles. The van der Waals surface area contributed by atoms with E-state index >= 15 is 0 Å². The lowest BCUT2D eigenvalue weighted by molar-refractivity contribution is -0.152. The molecule has 0 atom stereocenters. The first-order valence-electron chi connectivity index (χ1n) is 10.1. The van der Waals surface area contributed by atoms with E-state index in [0.29, 0.717) is 18.0 Å². The maximum atomic E-state index is 10.9. The highest BCUT2D eigenvalue weighted by molar-refractivity contribution is 5.81. The number of aliphatic imine (C=N–C) groups is 2. The number of nitrogens with zero attached hydrogens (tertiary/aromatic N) is 2. The van der Waals surface area contributed by atoms with E-state index < -0.39 is 36.7 Å². The van der Waals surface area contributed by atoms with Crippen LogP contribution in [0.25, 0.3) is 0 Å². The smallest absolute Gasteiger partial charge is 0.404 e. The summed E-state index contributed by atoms with van der Waals surface area (Å²) in [5.41, 5.74) is 5.03. The normalized spacial score (nSPS) is 9.22. The lowest BCUT2D eigenvalue weighted by Gasteiger charge is -2.27. The number of amides is 1. The van der Waals surface area contributed by atoms with Crippen LogP contribution < -0.4 is 5.73 Å². The zero-order valence-corrected chi connectivity index (χ0v) is 20.0. The summed E-state index contributed by atoms with van der Waals surface area (Å²) >= 11 is 0. The van der Waals surface area contributed by atoms with Gasteiger partial charge in [-0.25, -0.2) is 24.0 Å². The monoisotopic (exact) mass is 507 g/mol. The molecule has 196 valence electrons. The molecule has 1 amide bonds. The Morgan fingerprint density at radius 2 is 1.50 bits per heavy atom. The predicted molar refractivity (Wildman–Crippen MR) is 127 cm³/mol. The molecule has 0 heterocycles. The van der Waals surface area contributed by atoms with E-state index in [4.69, 9.17) is 19.7 Å². The number of hydrogen-bond acceptors (Lipinski definition) is 12. The number of carbonyl (C=O) groups is 3. The second kappa shape index (κ2) is 20.0. The minimum atomic E-state index is -1.22. The molecular weight excluding hydrogens is 478 g/mol. The minimum Gasteiger partial charge on any atom is -0.462 e. The van der Waals surface area contributed by atoms with E-state index in [-0.39, 0.29) is 13.2 Å². The van der Waals surface area contributed by atoms with Gasteiger partial charge in [0.1, 0.15) is 13.2 Å². The van der Waals surface area contributed by atoms with Crippen molar-refractivity contribution in [2.45, 2.75) is 13.8 Å². The summed E-state index contributed by atoms with van der Waals surface area (Å²) < 4.78 is 13.6. The fourth-order valence-electron chi connectivity index (χ4n) is 1.87. The van der Waals surface area contributed by atoms with Crippen LogP contribution in [0, 0.1) is 12.3 Å². The highest BCUT2D eigenvalue weighted by atomic mass is 16.6. The van der Waals surface area contributed by atoms with Gasteiger partial charge in [0.15, 0.2) is 0 Å². The van der Waals surface area contributed by atoms with E-state index in [1.54, 1.807) is 26.0 Å². The van der Waals surface area contributed by atoms with Gasteiger partial charge in [-0.2, -0.15) is 9.98 Å². The van der Waals surface area contributed by atoms with Crippen molar-refractivity contribution in [2.24, 2.45) is 21.1 Å². The molecule has 0 aliphatic carbocycles. The van der Waals surface area contributed by atoms with Gasteiger partial charge in [0.05, 0.1) is 36.6 Å². The van der Waals surface area contributed by atoms with E-state index in [9.17, 15) is 24.0 Å². The molecule has 0 fully saturated rings. The molecule has 0 unspecified atom stereocenters. The molecule has 0 aliphatic rings. The molecule has 1 aromatic rings. The third-order valence-electron chi connectivity index (χ3n) is 3.87. The van der Waals surface area contributed by atoms with Crippen molar-refractivity contribution in [3.05, 3.63) is 49.1 Å². The van der Waals surface area contributed by atoms with Crippen LogP contribution in [-0.4, -0.2) is 73.4 Å². The molecule has 0 aliphatic heterocycles. The SMILES string of the molecule is C=CC(=O)OCC(CO)(CO)COC(=O)C=C.CCOC(N)=O.Cc1ccc(N=C=O)cc1N=C=O. The van der Waals surface area contributed by atoms with E-state index in [2.05, 4.69) is 33.6 Å². The number of rotatable bonds is 11. The summed E-state index contributed by atoms with van der Waals surface area (Å²) in [7, 11) is 0. The zero-order valence-electron chi connectivity index (χ0n) is 20.0. The summed E-state index contributed by atoms with van der Waals surface area (Å²) in [6.45, 7) is 8.69. The number of benzene rings is 1. The van der Waals surface area contributed by atoms with Crippen LogP contribution in [0.5, 0.6) is 0 Å². The number of aliphatic hydroxyl groups excluding tert-OH is 2. The predicted octanol–water partition coefficient (Wildman–Crippen LogP) is 1.45. The third kappa shape index (κ3) is 15.4. The minimum absolute atomic E-state index is 0.282. The Balaban J connectivity index is 0. The number of carbonyl (C=O) groups excluding carboxylic acids is 5. The van der Waals surface area contributed by atoms with Crippen LogP contribution in [0.3, 0.4) is 0 Å². The van der Waals surface area contributed by atoms with Gasteiger partial charge in [0.2, 0.25) is 12.2 Å². The van der Waals surface area contributed by atoms with Gasteiger partial charge in [-0.15, -0.1) is 0 Å². The van der Waals surface area contributed by atoms with Crippen LogP contribution in [0.15, 0.2) is 53.5 Å². The number of esters is 2. The highest BCUT2D eigenvalue weighted by Gasteiger charge is 2.32. The standard InChI is InChI=1S/C11H16O6.C9H6N2O2.C3H7NO2/c1-3-9(14)16-7-11(5-12,6-13)8-17-10(15)4-2;1-7-2-3-8(10-5-12)4-9(7)11-6-13;1-2-6-3(4)5/h3-4,12-13H,1-2,5-8H2;2-4H,1H3;2H2,1H3,(H2,4,5). The fourth-order valence-corrected chi connectivity index (χ4v) is 1.87. The molecule has 36 heavy (non-hydrogen) atoms. The number of aryl methyl sites for hydroxylation is 1. The van der Waals surface area contributed by atoms with Crippen molar-refractivity contribution in [1.82, 2.24) is 0 Å². The molecule has 0 spiro atoms. The summed E-state index contributed by atoms with van der Waals surface area (Å²) in [5, 5.41) is 18.3. The maximum absolute atomic E-state index is 10.9. The largest absolute Gasteiger partial charge is 0.462 e. The molecular formula is C23H29N3O10. The second-order valence-electron chi connectivity index (χ2n) is 6.57. The summed E-state index contributed by atoms with van der Waals surface area (Å²) in [4.78, 5) is 58.1. The van der Waals surface area contributed by atoms with Gasteiger partial charge < -0.3 is 30.2 Å². The van der Waals surface area contributed by atoms with Crippen LogP contribution in [0.4, 0.5) is 16.2 Å². The van der Waals surface area contributed by atoms with E-state index in [0.717, 1.165) is 17.7 Å². The maximum Gasteiger partial charge on any atom is 0.404 e. The Bertz CT molecular complexity index is 950. The number of primary amides is 1. The van der Waals surface area contributed by atoms with Crippen LogP contribution >= 0.6 is 0 Å². The fraction of sp³-hybridized carbons (Fsp3) is 0.348. The quantitative estimate of drug-likeness (QED) is 0.129. The summed E-state index contributed by atoms with van der Waals surface area (Å²) in [6, 6.07) is 4.88. The molecule has 0 bridgehead atoms. The van der Waals surface area contributed by atoms with Crippen molar-refractivity contribution >= 4 is 41.6 Å². The molecule has 13 nitrogen and oxygen atoms in total. The molecule has 0 aromatic heterocycles. The Morgan fingerprint density at radius 3 is 1.83 bits per heavy atom. The van der Waals surface area contributed by atoms with Gasteiger partial charge in [0, 0.05) is 12.2 Å². The summed E-state index contributed by atoms with van der Waals surface area (Å²) in [6.07, 6.45) is 4.03. The van der Waals surface area contributed by atoms with Crippen LogP contribution in [-0.2, 0) is 33.4 Å². The van der Waals surface area contributed by atoms with Crippen molar-refractivity contribution in [3.8, 4) is 0 Å². The number of nitrogens with two attached hydrogens (primary N) is 1. The average molecular weight is 507 g/mol. The molecule has 1 rings (SSSR count). The first-order chi connectivity index (χ1) is 17.1. The van der Waals surface area contributed by atoms with Crippen LogP contribution in [0.1, 0.15) is 12.5 Å².